The highest BCUT2D eigenvalue weighted by Crippen LogP contribution is 2.15. The molecule has 0 amide bonds. The van der Waals surface area contributed by atoms with Crippen LogP contribution >= 0.6 is 0 Å². The molecule has 1 unspecified atom stereocenters. The standard InChI is InChI=1S/C49H94O5/c1-4-7-10-13-16-19-22-24-25-27-28-30-33-36-39-42-48(50)53-46-47(45-52-44-41-38-35-32-21-18-15-12-9-6-3)54-49(51)43-40-37-34-31-29-26-23-20-17-14-11-8-5-2/h24-25,47H,4-23,26-46H2,1-3H3/b25-24-. The van der Waals surface area contributed by atoms with Gasteiger partial charge in [-0.15, -0.1) is 0 Å². The van der Waals surface area contributed by atoms with Crippen molar-refractivity contribution in [3.05, 3.63) is 12.2 Å². The van der Waals surface area contributed by atoms with Gasteiger partial charge in [-0.05, 0) is 44.9 Å². The molecule has 0 aromatic carbocycles. The highest BCUT2D eigenvalue weighted by Gasteiger charge is 2.17. The van der Waals surface area contributed by atoms with Crippen LogP contribution in [0.4, 0.5) is 0 Å². The minimum Gasteiger partial charge on any atom is -0.462 e. The van der Waals surface area contributed by atoms with Crippen LogP contribution in [0.15, 0.2) is 12.2 Å². The summed E-state index contributed by atoms with van der Waals surface area (Å²) in [6.07, 6.45) is 50.6. The molecule has 0 N–H and O–H groups in total. The lowest BCUT2D eigenvalue weighted by Gasteiger charge is -2.18. The second kappa shape index (κ2) is 46.0. The quantitative estimate of drug-likeness (QED) is 0.0351. The van der Waals surface area contributed by atoms with Gasteiger partial charge in [0.25, 0.3) is 0 Å². The van der Waals surface area contributed by atoms with Crippen molar-refractivity contribution in [1.82, 2.24) is 0 Å². The molecular formula is C49H94O5. The maximum atomic E-state index is 12.7. The van der Waals surface area contributed by atoms with E-state index in [-0.39, 0.29) is 18.5 Å². The van der Waals surface area contributed by atoms with Crippen molar-refractivity contribution in [2.75, 3.05) is 19.8 Å². The Balaban J connectivity index is 4.19. The molecule has 0 aliphatic rings. The van der Waals surface area contributed by atoms with Crippen LogP contribution in [0.25, 0.3) is 0 Å². The molecular weight excluding hydrogens is 669 g/mol. The van der Waals surface area contributed by atoms with Crippen LogP contribution in [0.5, 0.6) is 0 Å². The highest BCUT2D eigenvalue weighted by atomic mass is 16.6. The smallest absolute Gasteiger partial charge is 0.306 e. The molecule has 1 atom stereocenters. The van der Waals surface area contributed by atoms with Crippen molar-refractivity contribution in [2.24, 2.45) is 0 Å². The summed E-state index contributed by atoms with van der Waals surface area (Å²) in [7, 11) is 0. The van der Waals surface area contributed by atoms with E-state index in [2.05, 4.69) is 32.9 Å². The second-order valence-corrected chi connectivity index (χ2v) is 16.4. The third kappa shape index (κ3) is 43.4. The van der Waals surface area contributed by atoms with Crippen LogP contribution in [-0.2, 0) is 23.8 Å². The molecule has 0 aliphatic heterocycles. The third-order valence-electron chi connectivity index (χ3n) is 10.8. The van der Waals surface area contributed by atoms with Crippen molar-refractivity contribution >= 4 is 11.9 Å². The first-order chi connectivity index (χ1) is 26.6. The van der Waals surface area contributed by atoms with Gasteiger partial charge in [-0.2, -0.15) is 0 Å². The van der Waals surface area contributed by atoms with Gasteiger partial charge in [0.05, 0.1) is 6.61 Å². The molecule has 320 valence electrons. The predicted molar refractivity (Wildman–Crippen MR) is 233 cm³/mol. The zero-order valence-corrected chi connectivity index (χ0v) is 36.8. The van der Waals surface area contributed by atoms with E-state index in [0.717, 1.165) is 38.5 Å². The first-order valence-corrected chi connectivity index (χ1v) is 24.2. The highest BCUT2D eigenvalue weighted by molar-refractivity contribution is 5.70. The Morgan fingerprint density at radius 3 is 1.13 bits per heavy atom. The molecule has 0 radical (unpaired) electrons. The van der Waals surface area contributed by atoms with Gasteiger partial charge < -0.3 is 14.2 Å². The largest absolute Gasteiger partial charge is 0.462 e. The molecule has 0 aromatic heterocycles. The maximum absolute atomic E-state index is 12.7. The second-order valence-electron chi connectivity index (χ2n) is 16.4. The van der Waals surface area contributed by atoms with Gasteiger partial charge in [0.15, 0.2) is 6.10 Å². The molecule has 0 spiro atoms. The molecule has 5 heteroatoms. The number of carbonyl (C=O) groups excluding carboxylic acids is 2. The van der Waals surface area contributed by atoms with Gasteiger partial charge in [-0.1, -0.05) is 219 Å². The van der Waals surface area contributed by atoms with Gasteiger partial charge in [-0.3, -0.25) is 9.59 Å². The predicted octanol–water partition coefficient (Wildman–Crippen LogP) is 15.9. The van der Waals surface area contributed by atoms with Crippen LogP contribution in [-0.4, -0.2) is 37.9 Å². The number of rotatable bonds is 45. The van der Waals surface area contributed by atoms with Crippen molar-refractivity contribution in [3.8, 4) is 0 Å². The van der Waals surface area contributed by atoms with Crippen LogP contribution < -0.4 is 0 Å². The average molecular weight is 763 g/mol. The molecule has 0 saturated heterocycles. The summed E-state index contributed by atoms with van der Waals surface area (Å²) < 4.78 is 17.3. The Kier molecular flexibility index (Phi) is 44.9. The average Bonchev–Trinajstić information content (AvgIpc) is 3.17. The van der Waals surface area contributed by atoms with E-state index in [1.54, 1.807) is 0 Å². The van der Waals surface area contributed by atoms with Gasteiger partial charge in [-0.25, -0.2) is 0 Å². The first-order valence-electron chi connectivity index (χ1n) is 24.2. The van der Waals surface area contributed by atoms with Crippen LogP contribution in [0.1, 0.15) is 265 Å². The van der Waals surface area contributed by atoms with Crippen molar-refractivity contribution in [2.45, 2.75) is 271 Å². The molecule has 54 heavy (non-hydrogen) atoms. The fourth-order valence-electron chi connectivity index (χ4n) is 7.15. The van der Waals surface area contributed by atoms with E-state index in [4.69, 9.17) is 14.2 Å². The zero-order valence-electron chi connectivity index (χ0n) is 36.8. The van der Waals surface area contributed by atoms with Crippen LogP contribution in [0.2, 0.25) is 0 Å². The summed E-state index contributed by atoms with van der Waals surface area (Å²) in [6.45, 7) is 7.85. The number of allylic oxidation sites excluding steroid dienone is 2. The van der Waals surface area contributed by atoms with Crippen molar-refractivity contribution in [3.63, 3.8) is 0 Å². The number of carbonyl (C=O) groups is 2. The fourth-order valence-corrected chi connectivity index (χ4v) is 7.15. The van der Waals surface area contributed by atoms with E-state index in [1.807, 2.05) is 0 Å². The maximum Gasteiger partial charge on any atom is 0.306 e. The Hall–Kier alpha value is -1.36. The Morgan fingerprint density at radius 2 is 0.722 bits per heavy atom. The molecule has 0 bridgehead atoms. The van der Waals surface area contributed by atoms with Gasteiger partial charge in [0.1, 0.15) is 6.61 Å². The number of unbranched alkanes of at least 4 members (excludes halogenated alkanes) is 32. The van der Waals surface area contributed by atoms with Crippen LogP contribution in [0, 0.1) is 0 Å². The molecule has 0 fully saturated rings. The van der Waals surface area contributed by atoms with Crippen LogP contribution in [0.3, 0.4) is 0 Å². The number of esters is 2. The number of hydrogen-bond acceptors (Lipinski definition) is 5. The Morgan fingerprint density at radius 1 is 0.389 bits per heavy atom. The summed E-state index contributed by atoms with van der Waals surface area (Å²) in [6, 6.07) is 0. The SMILES string of the molecule is CCCCCCCC/C=C\CCCCCCCC(=O)OCC(COCCCCCCCCCCCC)OC(=O)CCCCCCCCCCCCCCC. The van der Waals surface area contributed by atoms with Gasteiger partial charge in [0.2, 0.25) is 0 Å². The summed E-state index contributed by atoms with van der Waals surface area (Å²) in [5.74, 6) is -0.390. The molecule has 0 aromatic rings. The number of hydrogen-bond donors (Lipinski definition) is 0. The third-order valence-corrected chi connectivity index (χ3v) is 10.8. The summed E-state index contributed by atoms with van der Waals surface area (Å²) in [4.78, 5) is 25.3. The summed E-state index contributed by atoms with van der Waals surface area (Å²) >= 11 is 0. The topological polar surface area (TPSA) is 61.8 Å². The van der Waals surface area contributed by atoms with Crippen molar-refractivity contribution < 1.29 is 23.8 Å². The Labute approximate surface area is 337 Å². The van der Waals surface area contributed by atoms with E-state index >= 15 is 0 Å². The minimum atomic E-state index is -0.527. The molecule has 0 saturated carbocycles. The van der Waals surface area contributed by atoms with Crippen molar-refractivity contribution in [1.29, 1.82) is 0 Å². The van der Waals surface area contributed by atoms with Gasteiger partial charge >= 0.3 is 11.9 Å². The van der Waals surface area contributed by atoms with E-state index < -0.39 is 6.10 Å². The number of ether oxygens (including phenoxy) is 3. The molecule has 0 heterocycles. The van der Waals surface area contributed by atoms with E-state index in [0.29, 0.717) is 26.1 Å². The lowest BCUT2D eigenvalue weighted by molar-refractivity contribution is -0.163. The lowest BCUT2D eigenvalue weighted by atomic mass is 10.0. The normalized spacial score (nSPS) is 12.1. The fraction of sp³-hybridized carbons (Fsp3) is 0.918. The minimum absolute atomic E-state index is 0.0896. The van der Waals surface area contributed by atoms with E-state index in [9.17, 15) is 9.59 Å². The zero-order chi connectivity index (χ0) is 39.3. The molecule has 0 aliphatic carbocycles. The summed E-state index contributed by atoms with van der Waals surface area (Å²) in [5, 5.41) is 0. The molecule has 0 rings (SSSR count). The summed E-state index contributed by atoms with van der Waals surface area (Å²) in [5.41, 5.74) is 0. The monoisotopic (exact) mass is 763 g/mol. The Bertz CT molecular complexity index is 780. The van der Waals surface area contributed by atoms with Gasteiger partial charge in [0, 0.05) is 19.4 Å². The molecule has 5 nitrogen and oxygen atoms in total. The lowest BCUT2D eigenvalue weighted by Crippen LogP contribution is -2.30. The van der Waals surface area contributed by atoms with E-state index in [1.165, 1.54) is 193 Å². The first kappa shape index (κ1) is 52.6.